The van der Waals surface area contributed by atoms with Gasteiger partial charge in [-0.15, -0.1) is 0 Å². The number of nitrogen functional groups attached to an aromatic ring is 1. The second-order valence-electron chi connectivity index (χ2n) is 4.13. The van der Waals surface area contributed by atoms with Crippen LogP contribution in [0.4, 0.5) is 10.2 Å². The van der Waals surface area contributed by atoms with Gasteiger partial charge in [0.25, 0.3) is 0 Å². The topological polar surface area (TPSA) is 104 Å². The van der Waals surface area contributed by atoms with Gasteiger partial charge in [0.2, 0.25) is 0 Å². The van der Waals surface area contributed by atoms with Crippen LogP contribution in [0.25, 0.3) is 11.4 Å². The molecule has 2 N–H and O–H groups in total. The number of esters is 1. The molecular weight excluding hydrogens is 293 g/mol. The number of anilines is 1. The molecule has 0 spiro atoms. The highest BCUT2D eigenvalue weighted by molar-refractivity contribution is 5.97. The lowest BCUT2D eigenvalue weighted by atomic mass is 10.1. The van der Waals surface area contributed by atoms with E-state index in [2.05, 4.69) is 14.7 Å². The van der Waals surface area contributed by atoms with Crippen LogP contribution in [0.1, 0.15) is 20.8 Å². The molecule has 0 amide bonds. The Kier molecular flexibility index (Phi) is 4.31. The fourth-order valence-electron chi connectivity index (χ4n) is 1.87. The van der Waals surface area contributed by atoms with Crippen LogP contribution < -0.4 is 10.5 Å². The van der Waals surface area contributed by atoms with E-state index in [-0.39, 0.29) is 34.2 Å². The number of hydrogen-bond acceptors (Lipinski definition) is 7. The van der Waals surface area contributed by atoms with E-state index < -0.39 is 12.0 Å². The summed E-state index contributed by atoms with van der Waals surface area (Å²) in [7, 11) is 2.46. The van der Waals surface area contributed by atoms with E-state index in [4.69, 9.17) is 10.5 Å². The van der Waals surface area contributed by atoms with Crippen molar-refractivity contribution in [2.75, 3.05) is 20.0 Å². The highest BCUT2D eigenvalue weighted by atomic mass is 19.1. The first kappa shape index (κ1) is 15.4. The van der Waals surface area contributed by atoms with Crippen molar-refractivity contribution in [3.63, 3.8) is 0 Å². The predicted octanol–water partition coefficient (Wildman–Crippen LogP) is 1.63. The molecule has 0 saturated carbocycles. The second kappa shape index (κ2) is 6.17. The van der Waals surface area contributed by atoms with E-state index in [1.54, 1.807) is 6.07 Å². The molecule has 0 unspecified atom stereocenters. The summed E-state index contributed by atoms with van der Waals surface area (Å²) in [5, 5.41) is 0. The monoisotopic (exact) mass is 305 g/mol. The number of ether oxygens (including phenoxy) is 2. The van der Waals surface area contributed by atoms with Crippen molar-refractivity contribution in [3.8, 4) is 17.1 Å². The van der Waals surface area contributed by atoms with Gasteiger partial charge in [-0.25, -0.2) is 14.8 Å². The summed E-state index contributed by atoms with van der Waals surface area (Å²) in [6, 6.07) is 4.13. The van der Waals surface area contributed by atoms with E-state index in [9.17, 15) is 14.0 Å². The molecule has 22 heavy (non-hydrogen) atoms. The summed E-state index contributed by atoms with van der Waals surface area (Å²) in [6.07, 6.45) is 0. The average molecular weight is 305 g/mol. The molecule has 8 heteroatoms. The van der Waals surface area contributed by atoms with E-state index in [1.165, 1.54) is 32.4 Å². The third-order valence-corrected chi connectivity index (χ3v) is 2.85. The van der Waals surface area contributed by atoms with Crippen molar-refractivity contribution >= 4 is 17.8 Å². The van der Waals surface area contributed by atoms with Gasteiger partial charge in [0.05, 0.1) is 19.8 Å². The molecule has 1 aromatic heterocycles. The minimum absolute atomic E-state index is 0.0559. The Morgan fingerprint density at radius 3 is 2.45 bits per heavy atom. The largest absolute Gasteiger partial charge is 0.491 e. The van der Waals surface area contributed by atoms with Crippen LogP contribution in [0.2, 0.25) is 0 Å². The smallest absolute Gasteiger partial charge is 0.360 e. The molecule has 7 nitrogen and oxygen atoms in total. The zero-order chi connectivity index (χ0) is 16.3. The molecule has 0 atom stereocenters. The summed E-state index contributed by atoms with van der Waals surface area (Å²) < 4.78 is 22.7. The number of nitrogens with zero attached hydrogens (tertiary/aromatic N) is 2. The number of aromatic nitrogens is 2. The molecule has 0 fully saturated rings. The minimum Gasteiger partial charge on any atom is -0.491 e. The molecule has 0 radical (unpaired) electrons. The molecule has 0 aliphatic rings. The average Bonchev–Trinajstić information content (AvgIpc) is 2.53. The maximum atomic E-state index is 13.1. The Labute approximate surface area is 124 Å². The summed E-state index contributed by atoms with van der Waals surface area (Å²) in [4.78, 5) is 30.7. The highest BCUT2D eigenvalue weighted by Gasteiger charge is 2.23. The summed E-state index contributed by atoms with van der Waals surface area (Å²) in [5.41, 5.74) is 5.38. The first-order chi connectivity index (χ1) is 10.5. The maximum absolute atomic E-state index is 13.1. The van der Waals surface area contributed by atoms with Crippen molar-refractivity contribution in [1.29, 1.82) is 0 Å². The van der Waals surface area contributed by atoms with Gasteiger partial charge in [-0.1, -0.05) is 18.2 Å². The van der Waals surface area contributed by atoms with Gasteiger partial charge in [-0.2, -0.15) is 4.39 Å². The molecule has 2 rings (SSSR count). The Hall–Kier alpha value is -3.03. The number of rotatable bonds is 4. The molecular formula is C14H12FN3O4. The van der Waals surface area contributed by atoms with Gasteiger partial charge >= 0.3 is 12.0 Å². The van der Waals surface area contributed by atoms with Crippen LogP contribution in [-0.4, -0.2) is 36.2 Å². The first-order valence-corrected chi connectivity index (χ1v) is 6.08. The van der Waals surface area contributed by atoms with Crippen LogP contribution in [0.5, 0.6) is 5.75 Å². The van der Waals surface area contributed by atoms with Crippen molar-refractivity contribution in [3.05, 3.63) is 35.5 Å². The zero-order valence-corrected chi connectivity index (χ0v) is 11.8. The van der Waals surface area contributed by atoms with Crippen LogP contribution in [0.15, 0.2) is 24.3 Å². The number of carbonyl (C=O) groups is 2. The lowest BCUT2D eigenvalue weighted by molar-refractivity contribution is 0.0589. The number of methoxy groups -OCH3 is 2. The first-order valence-electron chi connectivity index (χ1n) is 6.08. The van der Waals surface area contributed by atoms with Gasteiger partial charge in [-0.05, 0) is 6.07 Å². The highest BCUT2D eigenvalue weighted by Crippen LogP contribution is 2.29. The van der Waals surface area contributed by atoms with Gasteiger partial charge in [0.1, 0.15) is 0 Å². The van der Waals surface area contributed by atoms with Gasteiger partial charge in [0.15, 0.2) is 23.1 Å². The SMILES string of the molecule is COC(=O)c1nc(-c2ccccc2C(=O)F)nc(N)c1OC. The summed E-state index contributed by atoms with van der Waals surface area (Å²) in [5.74, 6) is -1.06. The predicted molar refractivity (Wildman–Crippen MR) is 75.2 cm³/mol. The number of nitrogens with two attached hydrogens (primary N) is 1. The molecule has 1 heterocycles. The Morgan fingerprint density at radius 2 is 1.86 bits per heavy atom. The van der Waals surface area contributed by atoms with Crippen molar-refractivity contribution in [1.82, 2.24) is 9.97 Å². The van der Waals surface area contributed by atoms with Crippen molar-refractivity contribution in [2.24, 2.45) is 0 Å². The molecule has 0 aliphatic carbocycles. The van der Waals surface area contributed by atoms with Crippen molar-refractivity contribution in [2.45, 2.75) is 0 Å². The third-order valence-electron chi connectivity index (χ3n) is 2.85. The van der Waals surface area contributed by atoms with Gasteiger partial charge in [-0.3, -0.25) is 4.79 Å². The van der Waals surface area contributed by atoms with E-state index in [0.29, 0.717) is 0 Å². The molecule has 0 saturated heterocycles. The maximum Gasteiger partial charge on any atom is 0.360 e. The zero-order valence-electron chi connectivity index (χ0n) is 11.8. The van der Waals surface area contributed by atoms with Crippen LogP contribution in [0, 0.1) is 0 Å². The standard InChI is InChI=1S/C14H12FN3O4/c1-21-10-9(14(20)22-2)17-13(18-12(10)16)8-6-4-3-5-7(8)11(15)19/h3-6H,1-2H3,(H2,16,17,18). The van der Waals surface area contributed by atoms with Crippen LogP contribution >= 0.6 is 0 Å². The van der Waals surface area contributed by atoms with Gasteiger partial charge in [0, 0.05) is 5.56 Å². The number of hydrogen-bond donors (Lipinski definition) is 1. The summed E-state index contributed by atoms with van der Waals surface area (Å²) in [6.45, 7) is 0. The Balaban J connectivity index is 2.70. The van der Waals surface area contributed by atoms with E-state index in [0.717, 1.165) is 0 Å². The molecule has 2 aromatic rings. The lowest BCUT2D eigenvalue weighted by Gasteiger charge is -2.11. The fourth-order valence-corrected chi connectivity index (χ4v) is 1.87. The van der Waals surface area contributed by atoms with E-state index in [1.807, 2.05) is 0 Å². The Bertz CT molecular complexity index is 749. The number of benzene rings is 1. The van der Waals surface area contributed by atoms with Crippen LogP contribution in [0.3, 0.4) is 0 Å². The van der Waals surface area contributed by atoms with Crippen molar-refractivity contribution < 1.29 is 23.5 Å². The number of carbonyl (C=O) groups excluding carboxylic acids is 2. The molecule has 0 bridgehead atoms. The Morgan fingerprint density at radius 1 is 1.18 bits per heavy atom. The minimum atomic E-state index is -1.65. The number of halogens is 1. The lowest BCUT2D eigenvalue weighted by Crippen LogP contribution is -2.12. The molecule has 0 aliphatic heterocycles. The molecule has 1 aromatic carbocycles. The fraction of sp³-hybridized carbons (Fsp3) is 0.143. The molecule has 114 valence electrons. The van der Waals surface area contributed by atoms with Gasteiger partial charge < -0.3 is 15.2 Å². The quantitative estimate of drug-likeness (QED) is 0.676. The van der Waals surface area contributed by atoms with Crippen LogP contribution in [-0.2, 0) is 4.74 Å². The van der Waals surface area contributed by atoms with E-state index >= 15 is 0 Å². The second-order valence-corrected chi connectivity index (χ2v) is 4.13. The third kappa shape index (κ3) is 2.71. The summed E-state index contributed by atoms with van der Waals surface area (Å²) >= 11 is 0. The normalized spacial score (nSPS) is 10.1.